The third kappa shape index (κ3) is 5.11. The van der Waals surface area contributed by atoms with Crippen LogP contribution in [0.5, 0.6) is 0 Å². The molecule has 0 fully saturated rings. The largest absolute Gasteiger partial charge is 0.356 e. The van der Waals surface area contributed by atoms with Crippen LogP contribution in [-0.2, 0) is 10.0 Å². The lowest BCUT2D eigenvalue weighted by molar-refractivity contribution is 0.598. The molecule has 0 aliphatic rings. The summed E-state index contributed by atoms with van der Waals surface area (Å²) < 4.78 is 26.2. The van der Waals surface area contributed by atoms with Gasteiger partial charge in [-0.1, -0.05) is 31.5 Å². The van der Waals surface area contributed by atoms with E-state index in [1.54, 1.807) is 12.1 Å². The van der Waals surface area contributed by atoms with Crippen molar-refractivity contribution in [3.05, 3.63) is 54.6 Å². The van der Waals surface area contributed by atoms with Gasteiger partial charge in [0.2, 0.25) is 10.0 Å². The number of benzene rings is 2. The second kappa shape index (κ2) is 7.13. The van der Waals surface area contributed by atoms with Gasteiger partial charge in [-0.2, -0.15) is 0 Å². The Morgan fingerprint density at radius 3 is 2.05 bits per heavy atom. The highest BCUT2D eigenvalue weighted by Gasteiger charge is 2.09. The van der Waals surface area contributed by atoms with Gasteiger partial charge in [-0.05, 0) is 42.8 Å². The zero-order valence-electron chi connectivity index (χ0n) is 12.0. The van der Waals surface area contributed by atoms with Gasteiger partial charge in [0.25, 0.3) is 0 Å². The molecule has 0 saturated heterocycles. The number of sulfonamides is 1. The van der Waals surface area contributed by atoms with E-state index in [2.05, 4.69) is 10.0 Å². The first-order chi connectivity index (χ1) is 10.1. The molecule has 0 amide bonds. The quantitative estimate of drug-likeness (QED) is 0.813. The molecule has 0 bridgehead atoms. The summed E-state index contributed by atoms with van der Waals surface area (Å²) in [6, 6.07) is 17.0. The van der Waals surface area contributed by atoms with Crippen molar-refractivity contribution in [2.45, 2.75) is 19.8 Å². The summed E-state index contributed by atoms with van der Waals surface area (Å²) in [4.78, 5) is 0. The Hall–Kier alpha value is -2.01. The maximum Gasteiger partial charge on any atom is 0.232 e. The second-order valence-electron chi connectivity index (χ2n) is 4.84. The maximum atomic E-state index is 11.8. The van der Waals surface area contributed by atoms with E-state index in [0.717, 1.165) is 17.8 Å². The Morgan fingerprint density at radius 2 is 1.43 bits per heavy atom. The van der Waals surface area contributed by atoms with Crippen LogP contribution in [0.4, 0.5) is 17.1 Å². The lowest BCUT2D eigenvalue weighted by atomic mass is 10.2. The minimum atomic E-state index is -3.24. The van der Waals surface area contributed by atoms with Gasteiger partial charge in [-0.3, -0.25) is 4.72 Å². The lowest BCUT2D eigenvalue weighted by Gasteiger charge is -2.09. The van der Waals surface area contributed by atoms with Crippen LogP contribution < -0.4 is 10.0 Å². The third-order valence-corrected chi connectivity index (χ3v) is 4.36. The third-order valence-electron chi connectivity index (χ3n) is 2.99. The van der Waals surface area contributed by atoms with Gasteiger partial charge in [-0.25, -0.2) is 8.42 Å². The predicted octanol–water partition coefficient (Wildman–Crippen LogP) is 3.97. The van der Waals surface area contributed by atoms with Crippen LogP contribution in [0.1, 0.15) is 19.8 Å². The molecule has 0 unspecified atom stereocenters. The Labute approximate surface area is 126 Å². The van der Waals surface area contributed by atoms with E-state index in [1.165, 1.54) is 0 Å². The van der Waals surface area contributed by atoms with Crippen LogP contribution in [-0.4, -0.2) is 14.2 Å². The number of hydrogen-bond acceptors (Lipinski definition) is 3. The highest BCUT2D eigenvalue weighted by molar-refractivity contribution is 7.92. The van der Waals surface area contributed by atoms with Gasteiger partial charge in [0, 0.05) is 17.1 Å². The number of hydrogen-bond donors (Lipinski definition) is 2. The number of nitrogens with one attached hydrogen (secondary N) is 2. The zero-order chi connectivity index (χ0) is 15.1. The SMILES string of the molecule is CCCCS(=O)(=O)Nc1ccc(Nc2ccccc2)cc1. The van der Waals surface area contributed by atoms with Crippen molar-refractivity contribution in [2.75, 3.05) is 15.8 Å². The average molecular weight is 304 g/mol. The van der Waals surface area contributed by atoms with Crippen molar-refractivity contribution < 1.29 is 8.42 Å². The van der Waals surface area contributed by atoms with Crippen molar-refractivity contribution in [3.63, 3.8) is 0 Å². The highest BCUT2D eigenvalue weighted by Crippen LogP contribution is 2.19. The summed E-state index contributed by atoms with van der Waals surface area (Å²) in [5.74, 6) is 0.160. The molecule has 21 heavy (non-hydrogen) atoms. The Morgan fingerprint density at radius 1 is 0.857 bits per heavy atom. The fourth-order valence-electron chi connectivity index (χ4n) is 1.87. The zero-order valence-corrected chi connectivity index (χ0v) is 12.9. The van der Waals surface area contributed by atoms with Crippen LogP contribution in [0.15, 0.2) is 54.6 Å². The van der Waals surface area contributed by atoms with Crippen LogP contribution in [0.2, 0.25) is 0 Å². The minimum Gasteiger partial charge on any atom is -0.356 e. The van der Waals surface area contributed by atoms with Gasteiger partial charge in [0.15, 0.2) is 0 Å². The van der Waals surface area contributed by atoms with Gasteiger partial charge in [-0.15, -0.1) is 0 Å². The first kappa shape index (κ1) is 15.4. The van der Waals surface area contributed by atoms with Gasteiger partial charge in [0.1, 0.15) is 0 Å². The first-order valence-electron chi connectivity index (χ1n) is 7.02. The Bertz CT molecular complexity index is 652. The van der Waals surface area contributed by atoms with E-state index in [0.29, 0.717) is 12.1 Å². The summed E-state index contributed by atoms with van der Waals surface area (Å²) in [7, 11) is -3.24. The lowest BCUT2D eigenvalue weighted by Crippen LogP contribution is -2.16. The van der Waals surface area contributed by atoms with Gasteiger partial charge in [0.05, 0.1) is 5.75 Å². The molecule has 0 heterocycles. The molecule has 2 N–H and O–H groups in total. The van der Waals surface area contributed by atoms with E-state index in [9.17, 15) is 8.42 Å². The molecule has 0 saturated carbocycles. The fraction of sp³-hybridized carbons (Fsp3) is 0.250. The summed E-state index contributed by atoms with van der Waals surface area (Å²) in [5.41, 5.74) is 2.50. The maximum absolute atomic E-state index is 11.8. The van der Waals surface area contributed by atoms with E-state index in [1.807, 2.05) is 49.4 Å². The monoisotopic (exact) mass is 304 g/mol. The van der Waals surface area contributed by atoms with Gasteiger partial charge < -0.3 is 5.32 Å². The van der Waals surface area contributed by atoms with E-state index in [-0.39, 0.29) is 5.75 Å². The molecule has 0 aromatic heterocycles. The van der Waals surface area contributed by atoms with E-state index < -0.39 is 10.0 Å². The molecular weight excluding hydrogens is 284 g/mol. The van der Waals surface area contributed by atoms with Crippen molar-refractivity contribution in [1.29, 1.82) is 0 Å². The minimum absolute atomic E-state index is 0.160. The van der Waals surface area contributed by atoms with Crippen LogP contribution in [0.25, 0.3) is 0 Å². The standard InChI is InChI=1S/C16H20N2O2S/c1-2-3-13-21(19,20)18-16-11-9-15(10-12-16)17-14-7-5-4-6-8-14/h4-12,17-18H,2-3,13H2,1H3. The molecular formula is C16H20N2O2S. The van der Waals surface area contributed by atoms with Crippen LogP contribution in [0.3, 0.4) is 0 Å². The Balaban J connectivity index is 1.99. The van der Waals surface area contributed by atoms with Crippen LogP contribution in [0, 0.1) is 0 Å². The number of unbranched alkanes of at least 4 members (excludes halogenated alkanes) is 1. The van der Waals surface area contributed by atoms with Crippen LogP contribution >= 0.6 is 0 Å². The fourth-order valence-corrected chi connectivity index (χ4v) is 3.14. The van der Waals surface area contributed by atoms with Gasteiger partial charge >= 0.3 is 0 Å². The molecule has 0 radical (unpaired) electrons. The summed E-state index contributed by atoms with van der Waals surface area (Å²) in [5, 5.41) is 3.25. The summed E-state index contributed by atoms with van der Waals surface area (Å²) in [6.45, 7) is 1.97. The smallest absolute Gasteiger partial charge is 0.232 e. The molecule has 0 aliphatic carbocycles. The molecule has 0 aliphatic heterocycles. The topological polar surface area (TPSA) is 58.2 Å². The predicted molar refractivity (Wildman–Crippen MR) is 88.5 cm³/mol. The number of anilines is 3. The normalized spacial score (nSPS) is 11.1. The number of rotatable bonds is 7. The van der Waals surface area contributed by atoms with Crippen molar-refractivity contribution in [1.82, 2.24) is 0 Å². The molecule has 0 spiro atoms. The highest BCUT2D eigenvalue weighted by atomic mass is 32.2. The Kier molecular flexibility index (Phi) is 5.22. The summed E-state index contributed by atoms with van der Waals surface area (Å²) in [6.07, 6.45) is 1.53. The second-order valence-corrected chi connectivity index (χ2v) is 6.68. The molecule has 5 heteroatoms. The molecule has 112 valence electrons. The van der Waals surface area contributed by atoms with Crippen molar-refractivity contribution in [3.8, 4) is 0 Å². The summed E-state index contributed by atoms with van der Waals surface area (Å²) >= 11 is 0. The average Bonchev–Trinajstić information content (AvgIpc) is 2.48. The molecule has 2 aromatic rings. The molecule has 2 rings (SSSR count). The molecule has 0 atom stereocenters. The number of para-hydroxylation sites is 1. The van der Waals surface area contributed by atoms with E-state index in [4.69, 9.17) is 0 Å². The van der Waals surface area contributed by atoms with E-state index >= 15 is 0 Å². The molecule has 4 nitrogen and oxygen atoms in total. The van der Waals surface area contributed by atoms with Crippen molar-refractivity contribution in [2.24, 2.45) is 0 Å². The first-order valence-corrected chi connectivity index (χ1v) is 8.67. The molecule has 2 aromatic carbocycles. The van der Waals surface area contributed by atoms with Crippen molar-refractivity contribution >= 4 is 27.1 Å².